The molecule has 0 fully saturated rings. The normalized spacial score (nSPS) is 11.8. The first-order valence-corrected chi connectivity index (χ1v) is 7.20. The summed E-state index contributed by atoms with van der Waals surface area (Å²) in [5.74, 6) is 1.34. The van der Waals surface area contributed by atoms with E-state index in [1.807, 2.05) is 54.6 Å². The minimum atomic E-state index is 0.594. The Hall–Kier alpha value is -2.73. The van der Waals surface area contributed by atoms with Gasteiger partial charge < -0.3 is 5.43 Å². The van der Waals surface area contributed by atoms with E-state index in [4.69, 9.17) is 0 Å². The van der Waals surface area contributed by atoms with Gasteiger partial charge in [-0.3, -0.25) is 4.40 Å². The van der Waals surface area contributed by atoms with E-state index in [2.05, 4.69) is 25.8 Å². The van der Waals surface area contributed by atoms with E-state index in [0.29, 0.717) is 5.95 Å². The van der Waals surface area contributed by atoms with Crippen LogP contribution >= 0.6 is 0 Å². The molecule has 0 aliphatic heterocycles. The van der Waals surface area contributed by atoms with E-state index in [1.165, 1.54) is 0 Å². The van der Waals surface area contributed by atoms with Gasteiger partial charge >= 0.3 is 0 Å². The van der Waals surface area contributed by atoms with Crippen LogP contribution in [0.3, 0.4) is 0 Å². The highest BCUT2D eigenvalue weighted by atomic mass is 15.4. The van der Waals surface area contributed by atoms with Crippen LogP contribution in [0.2, 0.25) is 0 Å². The molecule has 6 heteroatoms. The van der Waals surface area contributed by atoms with Crippen molar-refractivity contribution in [1.29, 1.82) is 0 Å². The minimum absolute atomic E-state index is 0.594. The first-order chi connectivity index (χ1) is 10.8. The second-order valence-corrected chi connectivity index (χ2v) is 4.85. The molecule has 1 aromatic carbocycles. The zero-order valence-corrected chi connectivity index (χ0v) is 12.6. The predicted molar refractivity (Wildman–Crippen MR) is 88.0 cm³/mol. The summed E-state index contributed by atoms with van der Waals surface area (Å²) >= 11 is 0. The van der Waals surface area contributed by atoms with Crippen molar-refractivity contribution in [3.05, 3.63) is 48.9 Å². The van der Waals surface area contributed by atoms with Gasteiger partial charge in [0.05, 0.1) is 17.4 Å². The summed E-state index contributed by atoms with van der Waals surface area (Å²) in [6.45, 7) is 4.72. The Labute approximate surface area is 128 Å². The minimum Gasteiger partial charge on any atom is -0.309 e. The molecule has 0 unspecified atom stereocenters. The van der Waals surface area contributed by atoms with Gasteiger partial charge in [0.1, 0.15) is 12.2 Å². The fraction of sp³-hybridized carbons (Fsp3) is 0.188. The van der Waals surface area contributed by atoms with E-state index in [9.17, 15) is 0 Å². The van der Waals surface area contributed by atoms with Gasteiger partial charge in [-0.05, 0) is 13.0 Å². The van der Waals surface area contributed by atoms with E-state index in [1.54, 1.807) is 12.5 Å². The second kappa shape index (κ2) is 6.36. The third-order valence-electron chi connectivity index (χ3n) is 3.17. The zero-order valence-electron chi connectivity index (χ0n) is 12.6. The zero-order chi connectivity index (χ0) is 15.4. The first-order valence-electron chi connectivity index (χ1n) is 7.20. The van der Waals surface area contributed by atoms with E-state index in [0.717, 1.165) is 29.2 Å². The molecule has 0 aliphatic rings. The molecule has 0 aliphatic carbocycles. The third-order valence-corrected chi connectivity index (χ3v) is 3.17. The quantitative estimate of drug-likeness (QED) is 0.441. The molecule has 3 aromatic rings. The number of rotatable bonds is 4. The lowest BCUT2D eigenvalue weighted by Gasteiger charge is -2.08. The largest absolute Gasteiger partial charge is 0.309 e. The molecule has 0 bridgehead atoms. The molecule has 6 nitrogen and oxygen atoms in total. The second-order valence-electron chi connectivity index (χ2n) is 4.85. The average molecular weight is 294 g/mol. The van der Waals surface area contributed by atoms with Crippen molar-refractivity contribution in [3.8, 4) is 11.3 Å². The Morgan fingerprint density at radius 1 is 1.27 bits per heavy atom. The summed E-state index contributed by atoms with van der Waals surface area (Å²) in [6.07, 6.45) is 3.52. The fourth-order valence-electron chi connectivity index (χ4n) is 2.14. The van der Waals surface area contributed by atoms with Crippen molar-refractivity contribution in [2.75, 3.05) is 6.54 Å². The summed E-state index contributed by atoms with van der Waals surface area (Å²) in [7, 11) is 0. The van der Waals surface area contributed by atoms with Gasteiger partial charge in [0.2, 0.25) is 5.95 Å². The third kappa shape index (κ3) is 2.96. The standard InChI is InChI=1S/C16H18N6/c1-3-18-21-12(2)19-16-20-15(13-7-5-4-6-8-13)9-14-10-17-11-22(14)16/h4-11,18H,3H2,1-2H3,(H,19,20,21). The van der Waals surface area contributed by atoms with Gasteiger partial charge in [-0.25, -0.2) is 15.4 Å². The van der Waals surface area contributed by atoms with Crippen molar-refractivity contribution in [1.82, 2.24) is 25.2 Å². The number of aliphatic imine (C=N–C) groups is 1. The highest BCUT2D eigenvalue weighted by Gasteiger charge is 2.07. The van der Waals surface area contributed by atoms with Crippen LogP contribution in [-0.4, -0.2) is 26.7 Å². The predicted octanol–water partition coefficient (Wildman–Crippen LogP) is 2.56. The van der Waals surface area contributed by atoms with Crippen molar-refractivity contribution in [2.45, 2.75) is 13.8 Å². The average Bonchev–Trinajstić information content (AvgIpc) is 3.02. The number of amidine groups is 1. The van der Waals surface area contributed by atoms with Crippen LogP contribution in [0.15, 0.2) is 53.9 Å². The van der Waals surface area contributed by atoms with Gasteiger partial charge in [0.25, 0.3) is 0 Å². The number of nitrogens with zero attached hydrogens (tertiary/aromatic N) is 4. The molecule has 112 valence electrons. The summed E-state index contributed by atoms with van der Waals surface area (Å²) in [4.78, 5) is 13.4. The maximum absolute atomic E-state index is 4.66. The molecule has 0 spiro atoms. The SMILES string of the molecule is CCNN/C(C)=N/c1nc(-c2ccccc2)cc2cncn12. The fourth-order valence-corrected chi connectivity index (χ4v) is 2.14. The molecular formula is C16H18N6. The Morgan fingerprint density at radius 2 is 2.09 bits per heavy atom. The Bertz CT molecular complexity index is 791. The number of fused-ring (bicyclic) bond motifs is 1. The Balaban J connectivity index is 2.07. The van der Waals surface area contributed by atoms with Crippen LogP contribution < -0.4 is 10.9 Å². The summed E-state index contributed by atoms with van der Waals surface area (Å²) in [5, 5.41) is 0. The molecule has 0 amide bonds. The summed E-state index contributed by atoms with van der Waals surface area (Å²) < 4.78 is 1.86. The molecule has 0 saturated heterocycles. The number of benzene rings is 1. The number of imidazole rings is 1. The molecule has 3 rings (SSSR count). The molecule has 0 atom stereocenters. The van der Waals surface area contributed by atoms with Crippen LogP contribution in [0.1, 0.15) is 13.8 Å². The maximum atomic E-state index is 4.66. The summed E-state index contributed by atoms with van der Waals surface area (Å²) in [6, 6.07) is 12.1. The highest BCUT2D eigenvalue weighted by molar-refractivity contribution is 5.81. The van der Waals surface area contributed by atoms with Gasteiger partial charge in [-0.2, -0.15) is 4.99 Å². The Morgan fingerprint density at radius 3 is 2.86 bits per heavy atom. The smallest absolute Gasteiger partial charge is 0.237 e. The van der Waals surface area contributed by atoms with Crippen LogP contribution in [0.5, 0.6) is 0 Å². The van der Waals surface area contributed by atoms with Crippen LogP contribution in [-0.2, 0) is 0 Å². The van der Waals surface area contributed by atoms with Crippen LogP contribution in [0.25, 0.3) is 16.8 Å². The molecule has 2 heterocycles. The van der Waals surface area contributed by atoms with Gasteiger partial charge in [0, 0.05) is 12.1 Å². The summed E-state index contributed by atoms with van der Waals surface area (Å²) in [5.41, 5.74) is 8.94. The molecule has 0 radical (unpaired) electrons. The monoisotopic (exact) mass is 294 g/mol. The highest BCUT2D eigenvalue weighted by Crippen LogP contribution is 2.22. The lowest BCUT2D eigenvalue weighted by Crippen LogP contribution is -2.35. The lowest BCUT2D eigenvalue weighted by atomic mass is 10.1. The van der Waals surface area contributed by atoms with Crippen molar-refractivity contribution >= 4 is 17.3 Å². The van der Waals surface area contributed by atoms with E-state index >= 15 is 0 Å². The van der Waals surface area contributed by atoms with Gasteiger partial charge in [-0.15, -0.1) is 0 Å². The number of hydrogen-bond acceptors (Lipinski definition) is 4. The van der Waals surface area contributed by atoms with Gasteiger partial charge in [0.15, 0.2) is 0 Å². The van der Waals surface area contributed by atoms with Crippen LogP contribution in [0.4, 0.5) is 5.95 Å². The number of aromatic nitrogens is 3. The van der Waals surface area contributed by atoms with E-state index in [-0.39, 0.29) is 0 Å². The van der Waals surface area contributed by atoms with Gasteiger partial charge in [-0.1, -0.05) is 37.3 Å². The van der Waals surface area contributed by atoms with Crippen molar-refractivity contribution in [3.63, 3.8) is 0 Å². The topological polar surface area (TPSA) is 66.6 Å². The van der Waals surface area contributed by atoms with E-state index < -0.39 is 0 Å². The number of hydrazine groups is 1. The molecule has 2 N–H and O–H groups in total. The molecule has 2 aromatic heterocycles. The number of hydrogen-bond donors (Lipinski definition) is 2. The van der Waals surface area contributed by atoms with Crippen molar-refractivity contribution < 1.29 is 0 Å². The molecule has 0 saturated carbocycles. The number of nitrogens with one attached hydrogen (secondary N) is 2. The molecule has 22 heavy (non-hydrogen) atoms. The Kier molecular flexibility index (Phi) is 4.11. The van der Waals surface area contributed by atoms with Crippen molar-refractivity contribution in [2.24, 2.45) is 4.99 Å². The maximum Gasteiger partial charge on any atom is 0.237 e. The first kappa shape index (κ1) is 14.2. The van der Waals surface area contributed by atoms with Crippen LogP contribution in [0, 0.1) is 0 Å². The molecular weight excluding hydrogens is 276 g/mol. The lowest BCUT2D eigenvalue weighted by molar-refractivity contribution is 0.682.